The zero-order valence-electron chi connectivity index (χ0n) is 12.3. The monoisotopic (exact) mass is 296 g/mol. The van der Waals surface area contributed by atoms with Gasteiger partial charge in [-0.05, 0) is 37.5 Å². The maximum atomic E-state index is 12.8. The second kappa shape index (κ2) is 6.14. The van der Waals surface area contributed by atoms with Gasteiger partial charge in [0.05, 0.1) is 5.69 Å². The first-order valence-corrected chi connectivity index (χ1v) is 8.78. The average molecular weight is 296 g/mol. The number of sulfonamides is 1. The zero-order chi connectivity index (χ0) is 14.8. The Morgan fingerprint density at radius 1 is 1.25 bits per heavy atom. The van der Waals surface area contributed by atoms with E-state index in [1.165, 1.54) is 6.42 Å². The fourth-order valence-electron chi connectivity index (χ4n) is 3.02. The molecule has 0 radical (unpaired) electrons. The molecule has 0 heterocycles. The van der Waals surface area contributed by atoms with Crippen LogP contribution in [0.3, 0.4) is 0 Å². The van der Waals surface area contributed by atoms with E-state index in [0.29, 0.717) is 12.2 Å². The van der Waals surface area contributed by atoms with Crippen molar-refractivity contribution in [3.05, 3.63) is 23.8 Å². The summed E-state index contributed by atoms with van der Waals surface area (Å²) >= 11 is 0. The minimum Gasteiger partial charge on any atom is -0.398 e. The van der Waals surface area contributed by atoms with Crippen LogP contribution in [0.15, 0.2) is 23.1 Å². The van der Waals surface area contributed by atoms with E-state index in [1.807, 2.05) is 13.8 Å². The molecule has 1 aromatic carbocycles. The molecular formula is C15H24N2O2S. The summed E-state index contributed by atoms with van der Waals surface area (Å²) in [5.41, 5.74) is 7.24. The zero-order valence-corrected chi connectivity index (χ0v) is 13.1. The van der Waals surface area contributed by atoms with Gasteiger partial charge in [-0.1, -0.05) is 32.3 Å². The molecule has 1 aliphatic carbocycles. The molecule has 1 aromatic rings. The van der Waals surface area contributed by atoms with Crippen molar-refractivity contribution in [3.63, 3.8) is 0 Å². The first-order chi connectivity index (χ1) is 9.46. The highest BCUT2D eigenvalue weighted by atomic mass is 32.2. The van der Waals surface area contributed by atoms with Crippen molar-refractivity contribution < 1.29 is 8.42 Å². The number of hydrogen-bond acceptors (Lipinski definition) is 3. The van der Waals surface area contributed by atoms with Crippen molar-refractivity contribution in [3.8, 4) is 0 Å². The van der Waals surface area contributed by atoms with Crippen LogP contribution >= 0.6 is 0 Å². The van der Waals surface area contributed by atoms with Gasteiger partial charge in [-0.2, -0.15) is 4.31 Å². The van der Waals surface area contributed by atoms with Crippen LogP contribution in [0.5, 0.6) is 0 Å². The average Bonchev–Trinajstić information content (AvgIpc) is 2.40. The molecular weight excluding hydrogens is 272 g/mol. The van der Waals surface area contributed by atoms with E-state index in [-0.39, 0.29) is 10.9 Å². The van der Waals surface area contributed by atoms with Crippen molar-refractivity contribution in [1.29, 1.82) is 0 Å². The van der Waals surface area contributed by atoms with Crippen LogP contribution in [0.25, 0.3) is 0 Å². The predicted octanol–water partition coefficient (Wildman–Crippen LogP) is 2.92. The van der Waals surface area contributed by atoms with Gasteiger partial charge in [-0.15, -0.1) is 0 Å². The summed E-state index contributed by atoms with van der Waals surface area (Å²) < 4.78 is 27.3. The van der Waals surface area contributed by atoms with Crippen LogP contribution < -0.4 is 5.73 Å². The minimum absolute atomic E-state index is 0.124. The molecule has 112 valence electrons. The normalized spacial score (nSPS) is 17.6. The molecule has 0 atom stereocenters. The summed E-state index contributed by atoms with van der Waals surface area (Å²) in [5.74, 6) is 0. The van der Waals surface area contributed by atoms with Gasteiger partial charge in [0.15, 0.2) is 0 Å². The second-order valence-electron chi connectivity index (χ2n) is 5.54. The number of nitrogens with zero attached hydrogens (tertiary/aromatic N) is 1. The summed E-state index contributed by atoms with van der Waals surface area (Å²) in [4.78, 5) is 0.246. The number of hydrogen-bond donors (Lipinski definition) is 1. The maximum absolute atomic E-state index is 12.8. The number of aryl methyl sites for hydroxylation is 1. The predicted molar refractivity (Wildman–Crippen MR) is 82.0 cm³/mol. The Labute approximate surface area is 122 Å². The summed E-state index contributed by atoms with van der Waals surface area (Å²) in [5, 5.41) is 0. The number of benzene rings is 1. The van der Waals surface area contributed by atoms with E-state index in [4.69, 9.17) is 5.73 Å². The highest BCUT2D eigenvalue weighted by Gasteiger charge is 2.32. The number of nitrogens with two attached hydrogens (primary N) is 1. The fraction of sp³-hybridized carbons (Fsp3) is 0.600. The Hall–Kier alpha value is -1.07. The van der Waals surface area contributed by atoms with Crippen molar-refractivity contribution in [2.24, 2.45) is 0 Å². The summed E-state index contributed by atoms with van der Waals surface area (Å²) in [6, 6.07) is 5.28. The van der Waals surface area contributed by atoms with Crippen molar-refractivity contribution in [1.82, 2.24) is 4.31 Å². The summed E-state index contributed by atoms with van der Waals surface area (Å²) in [6.45, 7) is 4.31. The Kier molecular flexibility index (Phi) is 4.70. The van der Waals surface area contributed by atoms with E-state index in [2.05, 4.69) is 0 Å². The summed E-state index contributed by atoms with van der Waals surface area (Å²) in [7, 11) is -3.49. The third-order valence-corrected chi connectivity index (χ3v) is 6.15. The molecule has 4 nitrogen and oxygen atoms in total. The van der Waals surface area contributed by atoms with Crippen LogP contribution in [0.1, 0.15) is 44.6 Å². The molecule has 0 unspecified atom stereocenters. The minimum atomic E-state index is -3.49. The van der Waals surface area contributed by atoms with Crippen LogP contribution in [-0.2, 0) is 10.0 Å². The first kappa shape index (κ1) is 15.3. The lowest BCUT2D eigenvalue weighted by Crippen LogP contribution is -2.41. The van der Waals surface area contributed by atoms with Gasteiger partial charge in [0.25, 0.3) is 0 Å². The number of anilines is 1. The van der Waals surface area contributed by atoms with Gasteiger partial charge in [-0.3, -0.25) is 0 Å². The quantitative estimate of drug-likeness (QED) is 0.869. The lowest BCUT2D eigenvalue weighted by Gasteiger charge is -2.32. The van der Waals surface area contributed by atoms with Gasteiger partial charge in [0, 0.05) is 12.6 Å². The lowest BCUT2D eigenvalue weighted by atomic mass is 9.95. The summed E-state index contributed by atoms with van der Waals surface area (Å²) in [6.07, 6.45) is 5.35. The molecule has 0 spiro atoms. The van der Waals surface area contributed by atoms with E-state index < -0.39 is 10.0 Å². The lowest BCUT2D eigenvalue weighted by molar-refractivity contribution is 0.261. The molecule has 0 aliphatic heterocycles. The van der Waals surface area contributed by atoms with Crippen molar-refractivity contribution >= 4 is 15.7 Å². The third-order valence-electron chi connectivity index (χ3n) is 4.05. The topological polar surface area (TPSA) is 63.4 Å². The van der Waals surface area contributed by atoms with E-state index >= 15 is 0 Å². The Bertz CT molecular complexity index is 563. The Morgan fingerprint density at radius 3 is 2.45 bits per heavy atom. The van der Waals surface area contributed by atoms with E-state index in [9.17, 15) is 8.42 Å². The molecule has 1 saturated carbocycles. The first-order valence-electron chi connectivity index (χ1n) is 7.34. The highest BCUT2D eigenvalue weighted by molar-refractivity contribution is 7.89. The highest BCUT2D eigenvalue weighted by Crippen LogP contribution is 2.30. The van der Waals surface area contributed by atoms with Gasteiger partial charge >= 0.3 is 0 Å². The molecule has 2 N–H and O–H groups in total. The van der Waals surface area contributed by atoms with Crippen LogP contribution in [0.4, 0.5) is 5.69 Å². The number of nitrogen functional groups attached to an aromatic ring is 1. The van der Waals surface area contributed by atoms with E-state index in [1.54, 1.807) is 22.5 Å². The van der Waals surface area contributed by atoms with Gasteiger partial charge in [0.1, 0.15) is 4.90 Å². The van der Waals surface area contributed by atoms with Crippen LogP contribution in [0, 0.1) is 6.92 Å². The third kappa shape index (κ3) is 2.99. The molecule has 1 aliphatic rings. The Balaban J connectivity index is 2.35. The van der Waals surface area contributed by atoms with Gasteiger partial charge < -0.3 is 5.73 Å². The Morgan fingerprint density at radius 2 is 1.90 bits per heavy atom. The van der Waals surface area contributed by atoms with Gasteiger partial charge in [0.2, 0.25) is 10.0 Å². The molecule has 20 heavy (non-hydrogen) atoms. The smallest absolute Gasteiger partial charge is 0.245 e. The molecule has 0 amide bonds. The maximum Gasteiger partial charge on any atom is 0.245 e. The van der Waals surface area contributed by atoms with Gasteiger partial charge in [-0.25, -0.2) is 8.42 Å². The molecule has 2 rings (SSSR count). The molecule has 0 bridgehead atoms. The van der Waals surface area contributed by atoms with Crippen molar-refractivity contribution in [2.75, 3.05) is 12.3 Å². The van der Waals surface area contributed by atoms with Crippen LogP contribution in [-0.4, -0.2) is 25.3 Å². The number of rotatable bonds is 4. The SMILES string of the molecule is CCN(C1CCCCC1)S(=O)(=O)c1ccc(C)cc1N. The standard InChI is InChI=1S/C15H24N2O2S/c1-3-17(13-7-5-4-6-8-13)20(18,19)15-10-9-12(2)11-14(15)16/h9-11,13H,3-8,16H2,1-2H3. The second-order valence-corrected chi connectivity index (χ2v) is 7.40. The van der Waals surface area contributed by atoms with Crippen molar-refractivity contribution in [2.45, 2.75) is 56.9 Å². The molecule has 0 saturated heterocycles. The van der Waals surface area contributed by atoms with Crippen LogP contribution in [0.2, 0.25) is 0 Å². The van der Waals surface area contributed by atoms with E-state index in [0.717, 1.165) is 31.2 Å². The molecule has 5 heteroatoms. The molecule has 1 fully saturated rings. The molecule has 0 aromatic heterocycles. The largest absolute Gasteiger partial charge is 0.398 e. The fourth-order valence-corrected chi connectivity index (χ4v) is 4.82.